The van der Waals surface area contributed by atoms with E-state index in [1.807, 2.05) is 20.8 Å². The highest BCUT2D eigenvalue weighted by Crippen LogP contribution is 2.25. The predicted molar refractivity (Wildman–Crippen MR) is 86.7 cm³/mol. The lowest BCUT2D eigenvalue weighted by Crippen LogP contribution is -2.28. The smallest absolute Gasteiger partial charge is 0.259 e. The van der Waals surface area contributed by atoms with E-state index in [0.717, 1.165) is 22.6 Å². The molecule has 0 aliphatic rings. The Morgan fingerprint density at radius 3 is 2.61 bits per heavy atom. The van der Waals surface area contributed by atoms with Crippen molar-refractivity contribution in [2.24, 2.45) is 0 Å². The lowest BCUT2D eigenvalue weighted by atomic mass is 10.1. The average Bonchev–Trinajstić information content (AvgIpc) is 2.90. The van der Waals surface area contributed by atoms with Gasteiger partial charge < -0.3 is 14.2 Å². The van der Waals surface area contributed by atoms with Crippen molar-refractivity contribution in [2.45, 2.75) is 40.7 Å². The van der Waals surface area contributed by atoms with Gasteiger partial charge in [0, 0.05) is 24.4 Å². The van der Waals surface area contributed by atoms with Crippen LogP contribution in [-0.2, 0) is 13.0 Å². The molecular weight excluding hydrogens is 294 g/mol. The summed E-state index contributed by atoms with van der Waals surface area (Å²) in [5.41, 5.74) is 3.98. The zero-order valence-corrected chi connectivity index (χ0v) is 14.6. The number of pyridine rings is 1. The maximum atomic E-state index is 12.7. The molecule has 0 radical (unpaired) electrons. The molecule has 0 spiro atoms. The molecule has 0 unspecified atom stereocenters. The maximum Gasteiger partial charge on any atom is 0.259 e. The van der Waals surface area contributed by atoms with Crippen molar-refractivity contribution in [1.29, 1.82) is 0 Å². The second kappa shape index (κ2) is 6.81. The van der Waals surface area contributed by atoms with E-state index < -0.39 is 0 Å². The maximum absolute atomic E-state index is 12.7. The van der Waals surface area contributed by atoms with Crippen LogP contribution < -0.4 is 4.74 Å². The summed E-state index contributed by atoms with van der Waals surface area (Å²) < 4.78 is 10.6. The Bertz CT molecular complexity index is 722. The molecule has 1 amide bonds. The van der Waals surface area contributed by atoms with E-state index in [9.17, 15) is 4.79 Å². The average molecular weight is 317 g/mol. The number of carbonyl (C=O) groups is 1. The molecular formula is C17H23N3O3. The number of hydrogen-bond acceptors (Lipinski definition) is 5. The van der Waals surface area contributed by atoms with Crippen molar-refractivity contribution < 1.29 is 14.1 Å². The van der Waals surface area contributed by atoms with E-state index in [4.69, 9.17) is 9.26 Å². The van der Waals surface area contributed by atoms with Gasteiger partial charge in [0.05, 0.1) is 25.0 Å². The molecule has 2 aromatic rings. The summed E-state index contributed by atoms with van der Waals surface area (Å²) >= 11 is 0. The zero-order chi connectivity index (χ0) is 17.1. The summed E-state index contributed by atoms with van der Waals surface area (Å²) in [6.45, 7) is 8.01. The van der Waals surface area contributed by atoms with Gasteiger partial charge in [-0.1, -0.05) is 12.1 Å². The Morgan fingerprint density at radius 2 is 2.00 bits per heavy atom. The van der Waals surface area contributed by atoms with Gasteiger partial charge in [0.1, 0.15) is 17.1 Å². The van der Waals surface area contributed by atoms with Gasteiger partial charge in [-0.15, -0.1) is 0 Å². The van der Waals surface area contributed by atoms with E-state index in [0.29, 0.717) is 30.0 Å². The first-order valence-electron chi connectivity index (χ1n) is 7.60. The molecule has 0 bridgehead atoms. The molecule has 0 N–H and O–H groups in total. The largest absolute Gasteiger partial charge is 0.496 e. The molecule has 0 aliphatic carbocycles. The molecule has 0 fully saturated rings. The standard InChI is InChI=1S/C17H23N3O3/c1-7-13-15(12(4)23-19-13)17(21)20(5)9-14-11(3)16(22-6)10(2)8-18-14/h8H,7,9H2,1-6H3. The fraction of sp³-hybridized carbons (Fsp3) is 0.471. The van der Waals surface area contributed by atoms with Gasteiger partial charge in [0.15, 0.2) is 0 Å². The molecule has 2 heterocycles. The van der Waals surface area contributed by atoms with E-state index in [1.165, 1.54) is 0 Å². The predicted octanol–water partition coefficient (Wildman–Crippen LogP) is 2.84. The van der Waals surface area contributed by atoms with Crippen molar-refractivity contribution >= 4 is 5.91 Å². The van der Waals surface area contributed by atoms with Crippen LogP contribution in [0.3, 0.4) is 0 Å². The summed E-state index contributed by atoms with van der Waals surface area (Å²) in [5, 5.41) is 3.94. The molecule has 6 heteroatoms. The molecule has 0 saturated heterocycles. The minimum Gasteiger partial charge on any atom is -0.496 e. The number of amides is 1. The first-order valence-corrected chi connectivity index (χ1v) is 7.60. The van der Waals surface area contributed by atoms with Crippen LogP contribution >= 0.6 is 0 Å². The lowest BCUT2D eigenvalue weighted by Gasteiger charge is -2.19. The molecule has 2 rings (SSSR count). The summed E-state index contributed by atoms with van der Waals surface area (Å²) in [4.78, 5) is 18.8. The highest BCUT2D eigenvalue weighted by molar-refractivity contribution is 5.96. The summed E-state index contributed by atoms with van der Waals surface area (Å²) in [5.74, 6) is 1.25. The van der Waals surface area contributed by atoms with Gasteiger partial charge in [0.2, 0.25) is 0 Å². The van der Waals surface area contributed by atoms with Gasteiger partial charge in [-0.2, -0.15) is 0 Å². The first kappa shape index (κ1) is 17.0. The molecule has 124 valence electrons. The van der Waals surface area contributed by atoms with Crippen molar-refractivity contribution in [3.63, 3.8) is 0 Å². The van der Waals surface area contributed by atoms with Crippen molar-refractivity contribution in [1.82, 2.24) is 15.0 Å². The van der Waals surface area contributed by atoms with Crippen molar-refractivity contribution in [3.05, 3.63) is 40.0 Å². The Balaban J connectivity index is 2.27. The van der Waals surface area contributed by atoms with Gasteiger partial charge in [0.25, 0.3) is 5.91 Å². The van der Waals surface area contributed by atoms with Crippen LogP contribution in [0.5, 0.6) is 5.75 Å². The topological polar surface area (TPSA) is 68.5 Å². The minimum atomic E-state index is -0.110. The fourth-order valence-electron chi connectivity index (χ4n) is 2.65. The molecule has 2 aromatic heterocycles. The van der Waals surface area contributed by atoms with Crippen LogP contribution in [0.15, 0.2) is 10.7 Å². The number of aromatic nitrogens is 2. The number of nitrogens with zero attached hydrogens (tertiary/aromatic N) is 3. The molecule has 0 aromatic carbocycles. The molecule has 0 aliphatic heterocycles. The van der Waals surface area contributed by atoms with Crippen LogP contribution in [0.1, 0.15) is 45.6 Å². The van der Waals surface area contributed by atoms with Crippen LogP contribution in [0.2, 0.25) is 0 Å². The van der Waals surface area contributed by atoms with E-state index >= 15 is 0 Å². The van der Waals surface area contributed by atoms with E-state index in [2.05, 4.69) is 10.1 Å². The molecule has 23 heavy (non-hydrogen) atoms. The number of hydrogen-bond donors (Lipinski definition) is 0. The Labute approximate surface area is 136 Å². The Kier molecular flexibility index (Phi) is 5.03. The van der Waals surface area contributed by atoms with Crippen LogP contribution in [-0.4, -0.2) is 35.1 Å². The second-order valence-corrected chi connectivity index (χ2v) is 5.62. The van der Waals surface area contributed by atoms with Crippen molar-refractivity contribution in [2.75, 3.05) is 14.2 Å². The van der Waals surface area contributed by atoms with Gasteiger partial charge in [-0.3, -0.25) is 9.78 Å². The van der Waals surface area contributed by atoms with E-state index in [-0.39, 0.29) is 5.91 Å². The third-order valence-corrected chi connectivity index (χ3v) is 3.97. The SMILES string of the molecule is CCc1noc(C)c1C(=O)N(C)Cc1ncc(C)c(OC)c1C. The van der Waals surface area contributed by atoms with Crippen LogP contribution in [0.4, 0.5) is 0 Å². The lowest BCUT2D eigenvalue weighted by molar-refractivity contribution is 0.0780. The monoisotopic (exact) mass is 317 g/mol. The van der Waals surface area contributed by atoms with Gasteiger partial charge in [-0.05, 0) is 27.2 Å². The fourth-order valence-corrected chi connectivity index (χ4v) is 2.65. The third kappa shape index (κ3) is 3.21. The number of carbonyl (C=O) groups excluding carboxylic acids is 1. The first-order chi connectivity index (χ1) is 10.9. The highest BCUT2D eigenvalue weighted by atomic mass is 16.5. The summed E-state index contributed by atoms with van der Waals surface area (Å²) in [6.07, 6.45) is 2.42. The quantitative estimate of drug-likeness (QED) is 0.848. The second-order valence-electron chi connectivity index (χ2n) is 5.62. The third-order valence-electron chi connectivity index (χ3n) is 3.97. The van der Waals surface area contributed by atoms with E-state index in [1.54, 1.807) is 32.2 Å². The number of methoxy groups -OCH3 is 1. The normalized spacial score (nSPS) is 10.7. The number of ether oxygens (including phenoxy) is 1. The summed E-state index contributed by atoms with van der Waals surface area (Å²) in [7, 11) is 3.39. The zero-order valence-electron chi connectivity index (χ0n) is 14.6. The highest BCUT2D eigenvalue weighted by Gasteiger charge is 2.23. The Hall–Kier alpha value is -2.37. The molecule has 6 nitrogen and oxygen atoms in total. The minimum absolute atomic E-state index is 0.110. The van der Waals surface area contributed by atoms with Crippen molar-refractivity contribution in [3.8, 4) is 5.75 Å². The molecule has 0 saturated carbocycles. The molecule has 0 atom stereocenters. The van der Waals surface area contributed by atoms with Gasteiger partial charge >= 0.3 is 0 Å². The van der Waals surface area contributed by atoms with Crippen LogP contribution in [0.25, 0.3) is 0 Å². The van der Waals surface area contributed by atoms with Crippen LogP contribution in [0, 0.1) is 20.8 Å². The Morgan fingerprint density at radius 1 is 1.30 bits per heavy atom. The number of rotatable bonds is 5. The summed E-state index contributed by atoms with van der Waals surface area (Å²) in [6, 6.07) is 0. The number of aryl methyl sites for hydroxylation is 3. The van der Waals surface area contributed by atoms with Gasteiger partial charge in [-0.25, -0.2) is 0 Å².